The second-order valence-electron chi connectivity index (χ2n) is 4.38. The van der Waals surface area contributed by atoms with E-state index in [1.165, 1.54) is 6.07 Å². The Balaban J connectivity index is 2.23. The average Bonchev–Trinajstić information content (AvgIpc) is 2.86. The van der Waals surface area contributed by atoms with E-state index in [1.807, 2.05) is 11.5 Å². The van der Waals surface area contributed by atoms with Gasteiger partial charge in [-0.1, -0.05) is 6.92 Å². The lowest BCUT2D eigenvalue weighted by Gasteiger charge is -2.03. The van der Waals surface area contributed by atoms with Crippen LogP contribution in [0.1, 0.15) is 24.9 Å². The maximum atomic E-state index is 12.2. The maximum Gasteiger partial charge on any atom is 0.266 e. The minimum atomic E-state index is -3.64. The summed E-state index contributed by atoms with van der Waals surface area (Å²) < 4.78 is 33.9. The second kappa shape index (κ2) is 5.08. The van der Waals surface area contributed by atoms with E-state index >= 15 is 0 Å². The van der Waals surface area contributed by atoms with Gasteiger partial charge in [-0.15, -0.1) is 0 Å². The standard InChI is InChI=1S/C12H17N3O3S/c1-4-5-15-7-12(13-8-15)14-19(16,17)11-6-9(2)18-10(11)3/h6-8,14H,4-5H2,1-3H3. The molecule has 0 atom stereocenters. The Kier molecular flexibility index (Phi) is 3.66. The number of aromatic nitrogens is 2. The van der Waals surface area contributed by atoms with Gasteiger partial charge in [0.2, 0.25) is 0 Å². The number of anilines is 1. The van der Waals surface area contributed by atoms with Crippen LogP contribution >= 0.6 is 0 Å². The van der Waals surface area contributed by atoms with Gasteiger partial charge < -0.3 is 8.98 Å². The fourth-order valence-corrected chi connectivity index (χ4v) is 3.09. The molecule has 7 heteroatoms. The summed E-state index contributed by atoms with van der Waals surface area (Å²) in [5, 5.41) is 0. The largest absolute Gasteiger partial charge is 0.465 e. The van der Waals surface area contributed by atoms with Gasteiger partial charge in [-0.25, -0.2) is 13.4 Å². The third-order valence-corrected chi connectivity index (χ3v) is 4.10. The molecule has 0 unspecified atom stereocenters. The summed E-state index contributed by atoms with van der Waals surface area (Å²) in [6, 6.07) is 1.50. The Morgan fingerprint density at radius 3 is 2.74 bits per heavy atom. The summed E-state index contributed by atoms with van der Waals surface area (Å²) in [6.07, 6.45) is 4.24. The van der Waals surface area contributed by atoms with E-state index < -0.39 is 10.0 Å². The highest BCUT2D eigenvalue weighted by Gasteiger charge is 2.21. The van der Waals surface area contributed by atoms with Crippen molar-refractivity contribution >= 4 is 15.8 Å². The molecule has 0 amide bonds. The fraction of sp³-hybridized carbons (Fsp3) is 0.417. The number of aryl methyl sites for hydroxylation is 3. The lowest BCUT2D eigenvalue weighted by Crippen LogP contribution is -2.13. The van der Waals surface area contributed by atoms with Crippen molar-refractivity contribution in [2.45, 2.75) is 38.6 Å². The predicted octanol–water partition coefficient (Wildman–Crippen LogP) is 2.30. The van der Waals surface area contributed by atoms with Crippen LogP contribution in [-0.4, -0.2) is 18.0 Å². The van der Waals surface area contributed by atoms with E-state index in [9.17, 15) is 8.42 Å². The van der Waals surface area contributed by atoms with Crippen molar-refractivity contribution in [1.82, 2.24) is 9.55 Å². The van der Waals surface area contributed by atoms with Crippen molar-refractivity contribution < 1.29 is 12.8 Å². The maximum absolute atomic E-state index is 12.2. The quantitative estimate of drug-likeness (QED) is 0.913. The van der Waals surface area contributed by atoms with Crippen molar-refractivity contribution in [3.8, 4) is 0 Å². The van der Waals surface area contributed by atoms with Crippen LogP contribution in [0.3, 0.4) is 0 Å². The summed E-state index contributed by atoms with van der Waals surface area (Å²) >= 11 is 0. The zero-order valence-electron chi connectivity index (χ0n) is 11.2. The van der Waals surface area contributed by atoms with Gasteiger partial charge in [-0.2, -0.15) is 0 Å². The van der Waals surface area contributed by atoms with Crippen molar-refractivity contribution in [1.29, 1.82) is 0 Å². The zero-order chi connectivity index (χ0) is 14.0. The lowest BCUT2D eigenvalue weighted by atomic mass is 10.4. The Bertz CT molecular complexity index is 670. The first-order chi connectivity index (χ1) is 8.92. The molecule has 2 aromatic heterocycles. The van der Waals surface area contributed by atoms with E-state index in [2.05, 4.69) is 9.71 Å². The molecule has 0 spiro atoms. The number of nitrogens with one attached hydrogen (secondary N) is 1. The number of hydrogen-bond acceptors (Lipinski definition) is 4. The Morgan fingerprint density at radius 2 is 2.16 bits per heavy atom. The molecule has 0 aliphatic carbocycles. The Labute approximate surface area is 112 Å². The third kappa shape index (κ3) is 2.98. The van der Waals surface area contributed by atoms with Gasteiger partial charge >= 0.3 is 0 Å². The van der Waals surface area contributed by atoms with Gasteiger partial charge in [0.1, 0.15) is 16.4 Å². The van der Waals surface area contributed by atoms with Crippen LogP contribution in [0.15, 0.2) is 27.9 Å². The van der Waals surface area contributed by atoms with Gasteiger partial charge in [0.05, 0.1) is 6.33 Å². The number of sulfonamides is 1. The molecule has 0 saturated carbocycles. The number of rotatable bonds is 5. The number of hydrogen-bond donors (Lipinski definition) is 1. The highest BCUT2D eigenvalue weighted by atomic mass is 32.2. The summed E-state index contributed by atoms with van der Waals surface area (Å²) in [4.78, 5) is 4.17. The first-order valence-corrected chi connectivity index (χ1v) is 7.52. The molecule has 0 aliphatic heterocycles. The normalized spacial score (nSPS) is 11.7. The molecule has 0 aliphatic rings. The molecule has 0 aromatic carbocycles. The van der Waals surface area contributed by atoms with Crippen LogP contribution in [-0.2, 0) is 16.6 Å². The summed E-state index contributed by atoms with van der Waals surface area (Å²) in [7, 11) is -3.64. The molecule has 1 N–H and O–H groups in total. The van der Waals surface area contributed by atoms with Crippen LogP contribution in [0.5, 0.6) is 0 Å². The van der Waals surface area contributed by atoms with Gasteiger partial charge in [-0.05, 0) is 20.3 Å². The zero-order valence-corrected chi connectivity index (χ0v) is 12.0. The van der Waals surface area contributed by atoms with Crippen molar-refractivity contribution in [2.75, 3.05) is 4.72 Å². The monoisotopic (exact) mass is 283 g/mol. The molecule has 6 nitrogen and oxygen atoms in total. The van der Waals surface area contributed by atoms with Crippen LogP contribution < -0.4 is 4.72 Å². The minimum absolute atomic E-state index is 0.148. The molecular formula is C12H17N3O3S. The van der Waals surface area contributed by atoms with Crippen molar-refractivity contribution in [3.63, 3.8) is 0 Å². The van der Waals surface area contributed by atoms with Crippen molar-refractivity contribution in [2.24, 2.45) is 0 Å². The van der Waals surface area contributed by atoms with Crippen LogP contribution in [0.25, 0.3) is 0 Å². The fourth-order valence-electron chi connectivity index (χ4n) is 1.86. The molecule has 19 heavy (non-hydrogen) atoms. The van der Waals surface area contributed by atoms with Crippen molar-refractivity contribution in [3.05, 3.63) is 30.1 Å². The van der Waals surface area contributed by atoms with Gasteiger partial charge in [0.25, 0.3) is 10.0 Å². The molecule has 2 rings (SSSR count). The molecular weight excluding hydrogens is 266 g/mol. The average molecular weight is 283 g/mol. The number of nitrogens with zero attached hydrogens (tertiary/aromatic N) is 2. The number of furan rings is 1. The first-order valence-electron chi connectivity index (χ1n) is 6.04. The summed E-state index contributed by atoms with van der Waals surface area (Å²) in [5.41, 5.74) is 0. The topological polar surface area (TPSA) is 77.1 Å². The van der Waals surface area contributed by atoms with E-state index in [-0.39, 0.29) is 4.90 Å². The van der Waals surface area contributed by atoms with E-state index in [1.54, 1.807) is 26.4 Å². The third-order valence-electron chi connectivity index (χ3n) is 2.64. The van der Waals surface area contributed by atoms with E-state index in [0.717, 1.165) is 13.0 Å². The van der Waals surface area contributed by atoms with Crippen LogP contribution in [0, 0.1) is 13.8 Å². The molecule has 2 aromatic rings. The highest BCUT2D eigenvalue weighted by Crippen LogP contribution is 2.21. The second-order valence-corrected chi connectivity index (χ2v) is 6.03. The van der Waals surface area contributed by atoms with E-state index in [4.69, 9.17) is 4.42 Å². The smallest absolute Gasteiger partial charge is 0.266 e. The molecule has 0 radical (unpaired) electrons. The molecule has 2 heterocycles. The molecule has 104 valence electrons. The molecule has 0 bridgehead atoms. The van der Waals surface area contributed by atoms with Gasteiger partial charge in [0.15, 0.2) is 5.82 Å². The highest BCUT2D eigenvalue weighted by molar-refractivity contribution is 7.92. The first kappa shape index (κ1) is 13.7. The molecule has 0 saturated heterocycles. The summed E-state index contributed by atoms with van der Waals surface area (Å²) in [5.74, 6) is 1.25. The van der Waals surface area contributed by atoms with Gasteiger partial charge in [-0.3, -0.25) is 4.72 Å². The minimum Gasteiger partial charge on any atom is -0.465 e. The molecule has 0 fully saturated rings. The van der Waals surface area contributed by atoms with Crippen LogP contribution in [0.4, 0.5) is 5.82 Å². The number of imidazole rings is 1. The lowest BCUT2D eigenvalue weighted by molar-refractivity contribution is 0.496. The summed E-state index contributed by atoms with van der Waals surface area (Å²) in [6.45, 7) is 6.18. The SMILES string of the molecule is CCCn1cnc(NS(=O)(=O)c2cc(C)oc2C)c1. The van der Waals surface area contributed by atoms with E-state index in [0.29, 0.717) is 17.3 Å². The van der Waals surface area contributed by atoms with Gasteiger partial charge in [0, 0.05) is 18.8 Å². The Morgan fingerprint density at radius 1 is 1.42 bits per heavy atom. The van der Waals surface area contributed by atoms with Crippen LogP contribution in [0.2, 0.25) is 0 Å². The predicted molar refractivity (Wildman–Crippen MR) is 71.5 cm³/mol. The Hall–Kier alpha value is -1.76.